The van der Waals surface area contributed by atoms with Crippen molar-refractivity contribution in [2.45, 2.75) is 27.6 Å². The first-order valence-electron chi connectivity index (χ1n) is 12.6. The minimum Gasteiger partial charge on any atom is -0.490 e. The zero-order chi connectivity index (χ0) is 28.9. The Labute approximate surface area is 243 Å². The summed E-state index contributed by atoms with van der Waals surface area (Å²) in [6, 6.07) is 11.0. The van der Waals surface area contributed by atoms with E-state index < -0.39 is 17.5 Å². The number of nitrogens with one attached hydrogen (secondary N) is 2. The van der Waals surface area contributed by atoms with Crippen LogP contribution in [0.5, 0.6) is 5.75 Å². The van der Waals surface area contributed by atoms with Crippen LogP contribution in [0.25, 0.3) is 0 Å². The minimum atomic E-state index is -0.836. The molecule has 0 aliphatic carbocycles. The molecule has 41 heavy (non-hydrogen) atoms. The van der Waals surface area contributed by atoms with Gasteiger partial charge in [0, 0.05) is 35.5 Å². The van der Waals surface area contributed by atoms with Gasteiger partial charge in [-0.05, 0) is 48.5 Å². The molecule has 2 aromatic carbocycles. The van der Waals surface area contributed by atoms with Crippen molar-refractivity contribution in [2.24, 2.45) is 5.73 Å². The fraction of sp³-hybridized carbons (Fsp3) is 0.259. The van der Waals surface area contributed by atoms with Crippen LogP contribution in [0.1, 0.15) is 21.6 Å². The van der Waals surface area contributed by atoms with Gasteiger partial charge in [0.05, 0.1) is 30.8 Å². The van der Waals surface area contributed by atoms with Crippen LogP contribution in [0.4, 0.5) is 26.2 Å². The number of primary amides is 1. The van der Waals surface area contributed by atoms with Crippen molar-refractivity contribution >= 4 is 46.9 Å². The third-order valence-corrected chi connectivity index (χ3v) is 8.10. The van der Waals surface area contributed by atoms with Crippen LogP contribution in [-0.4, -0.2) is 59.5 Å². The second kappa shape index (κ2) is 12.7. The lowest BCUT2D eigenvalue weighted by molar-refractivity contribution is 0.0996. The number of nitrogens with two attached hydrogens (primary N) is 1. The number of hydrogen-bond acceptors (Lipinski definition) is 10. The van der Waals surface area contributed by atoms with Crippen LogP contribution in [0.15, 0.2) is 57.4 Å². The number of aromatic nitrogens is 4. The lowest BCUT2D eigenvalue weighted by Gasteiger charge is -2.29. The van der Waals surface area contributed by atoms with E-state index in [0.717, 1.165) is 17.5 Å². The molecule has 4 N–H and O–H groups in total. The molecule has 214 valence electrons. The number of H-pyrrole nitrogens is 1. The highest BCUT2D eigenvalue weighted by Crippen LogP contribution is 2.39. The molecular weight excluding hydrogens is 572 g/mol. The van der Waals surface area contributed by atoms with Crippen LogP contribution in [-0.2, 0) is 10.5 Å². The van der Waals surface area contributed by atoms with Gasteiger partial charge in [0.1, 0.15) is 11.6 Å². The van der Waals surface area contributed by atoms with Crippen molar-refractivity contribution < 1.29 is 23.0 Å². The first-order chi connectivity index (χ1) is 19.8. The molecule has 0 radical (unpaired) electrons. The van der Waals surface area contributed by atoms with E-state index in [4.69, 9.17) is 20.2 Å². The van der Waals surface area contributed by atoms with E-state index in [1.54, 1.807) is 31.4 Å². The molecule has 14 heteroatoms. The maximum atomic E-state index is 15.3. The summed E-state index contributed by atoms with van der Waals surface area (Å²) >= 11 is 2.31. The number of halogens is 2. The molecule has 1 fully saturated rings. The maximum Gasteiger partial charge on any atom is 0.251 e. The molecule has 0 bridgehead atoms. The van der Waals surface area contributed by atoms with E-state index in [1.165, 1.54) is 23.9 Å². The van der Waals surface area contributed by atoms with Crippen molar-refractivity contribution in [2.75, 3.05) is 43.6 Å². The Balaban J connectivity index is 1.39. The molecule has 1 saturated heterocycles. The topological polar surface area (TPSA) is 131 Å². The monoisotopic (exact) mass is 599 g/mol. The second-order valence-electron chi connectivity index (χ2n) is 9.00. The standard InChI is InChI=1S/C27H27F2N7O3S2/c1-15-12-21(35-34-15)31-25-23(38-2)26(36-8-10-39-11-9-36)33-27(32-25)41-20-7-6-17(13-19(20)28)40-14-16-4-3-5-18(22(16)29)24(30)37/h3-7,12-13H,8-11,14H2,1-2H3,(H2,30,37)(H2,31,32,33,34,35). The van der Waals surface area contributed by atoms with Crippen molar-refractivity contribution in [3.05, 3.63) is 70.9 Å². The van der Waals surface area contributed by atoms with Crippen LogP contribution < -0.4 is 20.7 Å². The lowest BCUT2D eigenvalue weighted by Crippen LogP contribution is -2.37. The number of morpholine rings is 1. The van der Waals surface area contributed by atoms with Gasteiger partial charge < -0.3 is 25.4 Å². The molecule has 2 aromatic heterocycles. The van der Waals surface area contributed by atoms with Crippen LogP contribution in [0, 0.1) is 18.6 Å². The van der Waals surface area contributed by atoms with Crippen molar-refractivity contribution in [1.29, 1.82) is 0 Å². The van der Waals surface area contributed by atoms with Crippen molar-refractivity contribution in [1.82, 2.24) is 20.2 Å². The minimum absolute atomic E-state index is 0.173. The first kappa shape index (κ1) is 28.6. The predicted octanol–water partition coefficient (Wildman–Crippen LogP) is 4.92. The smallest absolute Gasteiger partial charge is 0.251 e. The number of aryl methyl sites for hydroxylation is 1. The Morgan fingerprint density at radius 2 is 2.00 bits per heavy atom. The van der Waals surface area contributed by atoms with Gasteiger partial charge in [-0.15, -0.1) is 11.8 Å². The number of thioether (sulfide) groups is 1. The number of anilines is 3. The molecule has 0 spiro atoms. The normalized spacial score (nSPS) is 13.3. The fourth-order valence-electron chi connectivity index (χ4n) is 4.12. The summed E-state index contributed by atoms with van der Waals surface area (Å²) in [6.07, 6.45) is 0. The number of ether oxygens (including phenoxy) is 2. The summed E-state index contributed by atoms with van der Waals surface area (Å²) in [4.78, 5) is 23.7. The van der Waals surface area contributed by atoms with E-state index >= 15 is 4.39 Å². The number of nitrogens with zero attached hydrogens (tertiary/aromatic N) is 4. The molecule has 0 unspecified atom stereocenters. The van der Waals surface area contributed by atoms with Gasteiger partial charge in [0.2, 0.25) is 5.75 Å². The third kappa shape index (κ3) is 6.72. The lowest BCUT2D eigenvalue weighted by atomic mass is 10.1. The molecule has 0 atom stereocenters. The van der Waals surface area contributed by atoms with Crippen LogP contribution >= 0.6 is 23.5 Å². The summed E-state index contributed by atoms with van der Waals surface area (Å²) in [5.41, 5.74) is 6.24. The first-order valence-corrected chi connectivity index (χ1v) is 14.4. The Hall–Kier alpha value is -3.88. The van der Waals surface area contributed by atoms with Crippen molar-refractivity contribution in [3.8, 4) is 5.75 Å². The summed E-state index contributed by atoms with van der Waals surface area (Å²) in [6.45, 7) is 4.20. The number of aromatic amines is 1. The van der Waals surface area contributed by atoms with Gasteiger partial charge in [-0.3, -0.25) is 9.89 Å². The number of amides is 1. The number of carbonyl (C=O) groups is 1. The number of carbonyl (C=O) groups excluding carboxylic acids is 1. The average molecular weight is 600 g/mol. The fourth-order valence-corrected chi connectivity index (χ4v) is 5.78. The summed E-state index contributed by atoms with van der Waals surface area (Å²) in [5, 5.41) is 10.6. The number of rotatable bonds is 10. The highest BCUT2D eigenvalue weighted by Gasteiger charge is 2.24. The zero-order valence-corrected chi connectivity index (χ0v) is 23.9. The predicted molar refractivity (Wildman–Crippen MR) is 153 cm³/mol. The quantitative estimate of drug-likeness (QED) is 0.171. The van der Waals surface area contributed by atoms with E-state index in [2.05, 4.69) is 20.5 Å². The van der Waals surface area contributed by atoms with Gasteiger partial charge in [-0.2, -0.15) is 5.10 Å². The highest BCUT2D eigenvalue weighted by atomic mass is 32.2. The van der Waals surface area contributed by atoms with Crippen LogP contribution in [0.3, 0.4) is 0 Å². The SMILES string of the molecule is COc1c(Nc2cc(C)[nH]n2)nc(Sc2ccc(SCc3cccc(C(N)=O)c3F)cc2F)nc1N1CCOCC1. The zero-order valence-electron chi connectivity index (χ0n) is 22.2. The molecule has 3 heterocycles. The number of benzene rings is 2. The van der Waals surface area contributed by atoms with Gasteiger partial charge in [0.15, 0.2) is 22.6 Å². The third-order valence-electron chi connectivity index (χ3n) is 6.14. The van der Waals surface area contributed by atoms with E-state index in [-0.39, 0.29) is 11.3 Å². The maximum absolute atomic E-state index is 15.3. The number of methoxy groups -OCH3 is 1. The molecule has 1 aliphatic rings. The molecule has 1 amide bonds. The Kier molecular flexibility index (Phi) is 8.90. The largest absolute Gasteiger partial charge is 0.490 e. The molecule has 10 nitrogen and oxygen atoms in total. The average Bonchev–Trinajstić information content (AvgIpc) is 3.38. The van der Waals surface area contributed by atoms with Crippen LogP contribution in [0.2, 0.25) is 0 Å². The molecule has 1 aliphatic heterocycles. The van der Waals surface area contributed by atoms with Gasteiger partial charge >= 0.3 is 0 Å². The molecule has 5 rings (SSSR count). The summed E-state index contributed by atoms with van der Waals surface area (Å²) in [7, 11) is 1.54. The highest BCUT2D eigenvalue weighted by molar-refractivity contribution is 7.99. The van der Waals surface area contributed by atoms with Gasteiger partial charge in [0.25, 0.3) is 5.91 Å². The Morgan fingerprint density at radius 1 is 1.20 bits per heavy atom. The van der Waals surface area contributed by atoms with E-state index in [9.17, 15) is 9.18 Å². The summed E-state index contributed by atoms with van der Waals surface area (Å²) in [5.74, 6) is 0.174. The van der Waals surface area contributed by atoms with E-state index in [1.807, 2.05) is 17.9 Å². The molecule has 0 saturated carbocycles. The molecular formula is C27H27F2N7O3S2. The van der Waals surface area contributed by atoms with Crippen molar-refractivity contribution in [3.63, 3.8) is 0 Å². The number of hydrogen-bond donors (Lipinski definition) is 3. The summed E-state index contributed by atoms with van der Waals surface area (Å²) < 4.78 is 41.0. The van der Waals surface area contributed by atoms with E-state index in [0.29, 0.717) is 70.0 Å². The van der Waals surface area contributed by atoms with Gasteiger partial charge in [-0.1, -0.05) is 12.1 Å². The Bertz CT molecular complexity index is 1560. The molecule has 4 aromatic rings. The Morgan fingerprint density at radius 3 is 2.68 bits per heavy atom. The van der Waals surface area contributed by atoms with Gasteiger partial charge in [-0.25, -0.2) is 18.7 Å². The second-order valence-corrected chi connectivity index (χ2v) is 11.1.